The van der Waals surface area contributed by atoms with Crippen molar-refractivity contribution in [1.29, 1.82) is 0 Å². The number of aliphatic hydroxyl groups excluding tert-OH is 1. The number of carbonyl (C=O) groups is 2. The number of benzene rings is 1. The summed E-state index contributed by atoms with van der Waals surface area (Å²) in [5.41, 5.74) is 1.03. The Morgan fingerprint density at radius 1 is 1.29 bits per heavy atom. The van der Waals surface area contributed by atoms with E-state index >= 15 is 0 Å². The van der Waals surface area contributed by atoms with Crippen LogP contribution in [0.25, 0.3) is 5.76 Å². The summed E-state index contributed by atoms with van der Waals surface area (Å²) in [6, 6.07) is 7.59. The van der Waals surface area contributed by atoms with Gasteiger partial charge in [0.1, 0.15) is 11.5 Å². The average molecular weight is 444 g/mol. The summed E-state index contributed by atoms with van der Waals surface area (Å²) in [5.74, 6) is -1.15. The van der Waals surface area contributed by atoms with Gasteiger partial charge in [-0.3, -0.25) is 14.6 Å². The van der Waals surface area contributed by atoms with Gasteiger partial charge in [-0.25, -0.2) is 0 Å². The van der Waals surface area contributed by atoms with Crippen molar-refractivity contribution in [3.8, 4) is 5.75 Å². The molecule has 1 fully saturated rings. The summed E-state index contributed by atoms with van der Waals surface area (Å²) in [5, 5.41) is 11.4. The lowest BCUT2D eigenvalue weighted by atomic mass is 9.96. The third kappa shape index (κ3) is 4.89. The molecule has 31 heavy (non-hydrogen) atoms. The first-order chi connectivity index (χ1) is 14.8. The third-order valence-electron chi connectivity index (χ3n) is 5.05. The fourth-order valence-electron chi connectivity index (χ4n) is 3.63. The number of hydrogen-bond acceptors (Lipinski definition) is 6. The average Bonchev–Trinajstić information content (AvgIpc) is 3.00. The first-order valence-corrected chi connectivity index (χ1v) is 10.5. The number of amides is 1. The van der Waals surface area contributed by atoms with Gasteiger partial charge in [-0.05, 0) is 63.8 Å². The molecule has 1 saturated heterocycles. The molecule has 8 heteroatoms. The van der Waals surface area contributed by atoms with Gasteiger partial charge in [0.2, 0.25) is 0 Å². The van der Waals surface area contributed by atoms with Crippen molar-refractivity contribution >= 4 is 29.1 Å². The summed E-state index contributed by atoms with van der Waals surface area (Å²) >= 11 is 6.27. The van der Waals surface area contributed by atoms with Crippen molar-refractivity contribution in [2.45, 2.75) is 19.4 Å². The van der Waals surface area contributed by atoms with Crippen LogP contribution in [0.2, 0.25) is 5.02 Å². The predicted octanol–water partition coefficient (Wildman–Crippen LogP) is 3.51. The van der Waals surface area contributed by atoms with Crippen molar-refractivity contribution in [3.05, 3.63) is 64.4 Å². The molecule has 2 aromatic rings. The molecule has 1 aromatic carbocycles. The van der Waals surface area contributed by atoms with Crippen molar-refractivity contribution in [2.75, 3.05) is 33.8 Å². The number of pyridine rings is 1. The number of rotatable bonds is 8. The van der Waals surface area contributed by atoms with Crippen LogP contribution < -0.4 is 4.74 Å². The van der Waals surface area contributed by atoms with E-state index in [9.17, 15) is 14.7 Å². The lowest BCUT2D eigenvalue weighted by Crippen LogP contribution is -2.32. The Kier molecular flexibility index (Phi) is 7.30. The summed E-state index contributed by atoms with van der Waals surface area (Å²) in [4.78, 5) is 33.5. The SMILES string of the molecule is CCOc1ccc(/C(O)=C2\C(=O)C(=O)N(CCCN(C)C)C2c2cccnc2)cc1Cl. The van der Waals surface area contributed by atoms with Crippen LogP contribution in [0.4, 0.5) is 0 Å². The maximum Gasteiger partial charge on any atom is 0.295 e. The molecule has 0 bridgehead atoms. The Hall–Kier alpha value is -2.90. The molecule has 1 N–H and O–H groups in total. The highest BCUT2D eigenvalue weighted by Gasteiger charge is 2.45. The van der Waals surface area contributed by atoms with Gasteiger partial charge >= 0.3 is 0 Å². The molecule has 0 radical (unpaired) electrons. The molecule has 0 spiro atoms. The van der Waals surface area contributed by atoms with Gasteiger partial charge in [-0.2, -0.15) is 0 Å². The highest BCUT2D eigenvalue weighted by atomic mass is 35.5. The largest absolute Gasteiger partial charge is 0.507 e. The molecule has 1 atom stereocenters. The fraction of sp³-hybridized carbons (Fsp3) is 0.348. The molecular weight excluding hydrogens is 418 g/mol. The van der Waals surface area contributed by atoms with Gasteiger partial charge in [0, 0.05) is 24.5 Å². The first-order valence-electron chi connectivity index (χ1n) is 10.1. The van der Waals surface area contributed by atoms with E-state index in [0.717, 1.165) is 6.54 Å². The second-order valence-corrected chi connectivity index (χ2v) is 7.92. The van der Waals surface area contributed by atoms with E-state index in [1.54, 1.807) is 36.7 Å². The van der Waals surface area contributed by atoms with Crippen molar-refractivity contribution in [1.82, 2.24) is 14.8 Å². The fourth-order valence-corrected chi connectivity index (χ4v) is 3.86. The maximum absolute atomic E-state index is 13.0. The molecule has 1 aliphatic rings. The lowest BCUT2D eigenvalue weighted by molar-refractivity contribution is -0.139. The van der Waals surface area contributed by atoms with E-state index in [4.69, 9.17) is 16.3 Å². The zero-order valence-corrected chi connectivity index (χ0v) is 18.6. The molecule has 2 heterocycles. The standard InChI is InChI=1S/C23H26ClN3O4/c1-4-31-18-9-8-15(13-17(18)24)21(28)19-20(16-7-5-10-25-14-16)27(23(30)22(19)29)12-6-11-26(2)3/h5,7-10,13-14,20,28H,4,6,11-12H2,1-3H3/b21-19+. The highest BCUT2D eigenvalue weighted by Crippen LogP contribution is 2.40. The molecular formula is C23H26ClN3O4. The third-order valence-corrected chi connectivity index (χ3v) is 5.34. The lowest BCUT2D eigenvalue weighted by Gasteiger charge is -2.25. The van der Waals surface area contributed by atoms with Gasteiger partial charge in [0.05, 0.1) is 23.2 Å². The Morgan fingerprint density at radius 2 is 2.06 bits per heavy atom. The zero-order valence-electron chi connectivity index (χ0n) is 17.8. The quantitative estimate of drug-likeness (QED) is 0.382. The Labute approximate surface area is 186 Å². The number of nitrogens with zero attached hydrogens (tertiary/aromatic N) is 3. The molecule has 7 nitrogen and oxygen atoms in total. The second kappa shape index (κ2) is 9.94. The Morgan fingerprint density at radius 3 is 2.68 bits per heavy atom. The topological polar surface area (TPSA) is 83.0 Å². The van der Waals surface area contributed by atoms with Crippen LogP contribution in [-0.4, -0.2) is 65.4 Å². The maximum atomic E-state index is 13.0. The number of carbonyl (C=O) groups excluding carboxylic acids is 2. The number of hydrogen-bond donors (Lipinski definition) is 1. The van der Waals surface area contributed by atoms with Crippen LogP contribution in [0.1, 0.15) is 30.5 Å². The normalized spacial score (nSPS) is 18.1. The van der Waals surface area contributed by atoms with Crippen LogP contribution in [0.3, 0.4) is 0 Å². The number of ketones is 1. The smallest absolute Gasteiger partial charge is 0.295 e. The number of likely N-dealkylation sites (tertiary alicyclic amines) is 1. The minimum atomic E-state index is -0.721. The van der Waals surface area contributed by atoms with E-state index in [1.165, 1.54) is 11.0 Å². The molecule has 0 aliphatic carbocycles. The van der Waals surface area contributed by atoms with Crippen molar-refractivity contribution in [3.63, 3.8) is 0 Å². The number of halogens is 1. The summed E-state index contributed by atoms with van der Waals surface area (Å²) in [6.07, 6.45) is 3.91. The van der Waals surface area contributed by atoms with Crippen LogP contribution in [0, 0.1) is 0 Å². The van der Waals surface area contributed by atoms with E-state index in [2.05, 4.69) is 4.98 Å². The van der Waals surface area contributed by atoms with Gasteiger partial charge in [0.25, 0.3) is 11.7 Å². The van der Waals surface area contributed by atoms with E-state index < -0.39 is 17.7 Å². The van der Waals surface area contributed by atoms with Crippen molar-refractivity contribution < 1.29 is 19.4 Å². The van der Waals surface area contributed by atoms with Gasteiger partial charge in [0.15, 0.2) is 0 Å². The van der Waals surface area contributed by atoms with Crippen LogP contribution >= 0.6 is 11.6 Å². The van der Waals surface area contributed by atoms with Gasteiger partial charge < -0.3 is 19.6 Å². The van der Waals surface area contributed by atoms with E-state index in [0.29, 0.717) is 41.5 Å². The minimum Gasteiger partial charge on any atom is -0.507 e. The zero-order chi connectivity index (χ0) is 22.5. The van der Waals surface area contributed by atoms with E-state index in [-0.39, 0.29) is 11.3 Å². The summed E-state index contributed by atoms with van der Waals surface area (Å²) < 4.78 is 5.43. The molecule has 1 unspecified atom stereocenters. The number of aliphatic hydroxyl groups is 1. The molecule has 3 rings (SSSR count). The predicted molar refractivity (Wildman–Crippen MR) is 119 cm³/mol. The second-order valence-electron chi connectivity index (χ2n) is 7.51. The summed E-state index contributed by atoms with van der Waals surface area (Å²) in [7, 11) is 3.89. The number of ether oxygens (including phenoxy) is 1. The van der Waals surface area contributed by atoms with Gasteiger partial charge in [-0.1, -0.05) is 17.7 Å². The Balaban J connectivity index is 2.06. The Bertz CT molecular complexity index is 992. The van der Waals surface area contributed by atoms with Crippen LogP contribution in [0.5, 0.6) is 5.75 Å². The van der Waals surface area contributed by atoms with Crippen LogP contribution in [0.15, 0.2) is 48.3 Å². The van der Waals surface area contributed by atoms with E-state index in [1.807, 2.05) is 25.9 Å². The highest BCUT2D eigenvalue weighted by molar-refractivity contribution is 6.46. The monoisotopic (exact) mass is 443 g/mol. The van der Waals surface area contributed by atoms with Crippen molar-refractivity contribution in [2.24, 2.45) is 0 Å². The number of Topliss-reactive ketones (excluding diaryl/α,β-unsaturated/α-hetero) is 1. The number of aromatic nitrogens is 1. The first kappa shape index (κ1) is 22.8. The van der Waals surface area contributed by atoms with Crippen LogP contribution in [-0.2, 0) is 9.59 Å². The molecule has 1 aromatic heterocycles. The molecule has 0 saturated carbocycles. The van der Waals surface area contributed by atoms with Gasteiger partial charge in [-0.15, -0.1) is 0 Å². The summed E-state index contributed by atoms with van der Waals surface area (Å²) in [6.45, 7) is 3.43. The molecule has 1 amide bonds. The molecule has 164 valence electrons. The molecule has 1 aliphatic heterocycles. The minimum absolute atomic E-state index is 0.0306.